The number of allylic oxidation sites excluding steroid dienone is 1. The summed E-state index contributed by atoms with van der Waals surface area (Å²) in [6.45, 7) is 5.33. The number of anilines is 1. The highest BCUT2D eigenvalue weighted by molar-refractivity contribution is 5.87. The maximum atomic E-state index is 13.3. The molecule has 1 aromatic heterocycles. The molecule has 1 amide bonds. The highest BCUT2D eigenvalue weighted by atomic mass is 16.2. The van der Waals surface area contributed by atoms with Crippen LogP contribution in [0.4, 0.5) is 5.95 Å². The van der Waals surface area contributed by atoms with Crippen molar-refractivity contribution < 1.29 is 4.79 Å². The summed E-state index contributed by atoms with van der Waals surface area (Å²) in [6.07, 6.45) is 7.87. The lowest BCUT2D eigenvalue weighted by atomic mass is 9.77. The topological polar surface area (TPSA) is 49.3 Å². The molecule has 2 aromatic rings. The van der Waals surface area contributed by atoms with Crippen LogP contribution in [0, 0.1) is 12.3 Å². The monoisotopic (exact) mass is 374 g/mol. The van der Waals surface area contributed by atoms with E-state index in [-0.39, 0.29) is 5.41 Å². The molecule has 2 saturated heterocycles. The molecular weight excluding hydrogens is 348 g/mol. The zero-order valence-corrected chi connectivity index (χ0v) is 16.4. The van der Waals surface area contributed by atoms with Gasteiger partial charge in [-0.2, -0.15) is 0 Å². The molecular formula is C23H26N4O. The highest BCUT2D eigenvalue weighted by Crippen LogP contribution is 2.43. The number of aryl methyl sites for hydroxylation is 1. The van der Waals surface area contributed by atoms with Crippen molar-refractivity contribution in [1.82, 2.24) is 14.9 Å². The number of piperidine rings is 1. The first kappa shape index (κ1) is 17.4. The van der Waals surface area contributed by atoms with Crippen molar-refractivity contribution in [3.63, 3.8) is 0 Å². The van der Waals surface area contributed by atoms with Gasteiger partial charge in [-0.1, -0.05) is 30.3 Å². The maximum absolute atomic E-state index is 13.3. The first-order chi connectivity index (χ1) is 13.6. The van der Waals surface area contributed by atoms with Crippen LogP contribution in [0.15, 0.2) is 42.6 Å². The minimum atomic E-state index is -0.182. The van der Waals surface area contributed by atoms with E-state index in [4.69, 9.17) is 0 Å². The second kappa shape index (κ2) is 6.73. The van der Waals surface area contributed by atoms with E-state index in [0.29, 0.717) is 5.91 Å². The third-order valence-corrected chi connectivity index (χ3v) is 6.68. The molecule has 1 spiro atoms. The van der Waals surface area contributed by atoms with Gasteiger partial charge in [0.05, 0.1) is 5.41 Å². The zero-order valence-electron chi connectivity index (χ0n) is 16.4. The Morgan fingerprint density at radius 3 is 2.68 bits per heavy atom. The van der Waals surface area contributed by atoms with Crippen LogP contribution in [-0.2, 0) is 11.2 Å². The average molecular weight is 374 g/mol. The molecule has 3 aliphatic rings. The Kier molecular flexibility index (Phi) is 4.18. The second-order valence-electron chi connectivity index (χ2n) is 8.33. The van der Waals surface area contributed by atoms with Gasteiger partial charge in [-0.05, 0) is 55.4 Å². The quantitative estimate of drug-likeness (QED) is 0.828. The normalized spacial score (nSPS) is 20.6. The molecule has 28 heavy (non-hydrogen) atoms. The number of carbonyl (C=O) groups is 1. The number of rotatable bonds is 3. The minimum Gasteiger partial charge on any atom is -0.341 e. The number of hydrogen-bond donors (Lipinski definition) is 0. The number of carbonyl (C=O) groups excluding carboxylic acids is 1. The van der Waals surface area contributed by atoms with Crippen molar-refractivity contribution in [2.45, 2.75) is 32.6 Å². The SMILES string of the molecule is Cc1ccnc(N2CCC3(CCN(CC4=CCc5ccccc54)C3=O)CC2)n1. The Balaban J connectivity index is 1.26. The van der Waals surface area contributed by atoms with E-state index in [9.17, 15) is 4.79 Å². The minimum absolute atomic E-state index is 0.182. The molecule has 0 radical (unpaired) electrons. The lowest BCUT2D eigenvalue weighted by Crippen LogP contribution is -2.45. The van der Waals surface area contributed by atoms with E-state index in [0.717, 1.165) is 63.5 Å². The maximum Gasteiger partial charge on any atom is 0.229 e. The van der Waals surface area contributed by atoms with Crippen molar-refractivity contribution in [2.75, 3.05) is 31.1 Å². The van der Waals surface area contributed by atoms with Gasteiger partial charge in [0.2, 0.25) is 11.9 Å². The number of fused-ring (bicyclic) bond motifs is 1. The van der Waals surface area contributed by atoms with Gasteiger partial charge in [-0.25, -0.2) is 9.97 Å². The summed E-state index contributed by atoms with van der Waals surface area (Å²) in [5, 5.41) is 0. The largest absolute Gasteiger partial charge is 0.341 e. The second-order valence-corrected chi connectivity index (χ2v) is 8.33. The predicted octanol–water partition coefficient (Wildman–Crippen LogP) is 3.24. The van der Waals surface area contributed by atoms with Crippen LogP contribution in [0.25, 0.3) is 5.57 Å². The van der Waals surface area contributed by atoms with Crippen LogP contribution in [0.3, 0.4) is 0 Å². The molecule has 1 aromatic carbocycles. The molecule has 5 nitrogen and oxygen atoms in total. The molecule has 1 aliphatic carbocycles. The molecule has 0 atom stereocenters. The number of hydrogen-bond acceptors (Lipinski definition) is 4. The first-order valence-corrected chi connectivity index (χ1v) is 10.3. The lowest BCUT2D eigenvalue weighted by Gasteiger charge is -2.38. The van der Waals surface area contributed by atoms with Gasteiger partial charge in [0, 0.05) is 38.1 Å². The van der Waals surface area contributed by atoms with E-state index >= 15 is 0 Å². The Hall–Kier alpha value is -2.69. The fourth-order valence-corrected chi connectivity index (χ4v) is 4.94. The van der Waals surface area contributed by atoms with E-state index in [1.54, 1.807) is 0 Å². The number of nitrogens with zero attached hydrogens (tertiary/aromatic N) is 4. The summed E-state index contributed by atoms with van der Waals surface area (Å²) in [7, 11) is 0. The number of benzene rings is 1. The van der Waals surface area contributed by atoms with Gasteiger partial charge in [0.25, 0.3) is 0 Å². The number of amides is 1. The van der Waals surface area contributed by atoms with Gasteiger partial charge in [0.15, 0.2) is 0 Å². The molecule has 0 unspecified atom stereocenters. The van der Waals surface area contributed by atoms with Crippen LogP contribution in [-0.4, -0.2) is 47.0 Å². The molecule has 3 heterocycles. The van der Waals surface area contributed by atoms with E-state index < -0.39 is 0 Å². The summed E-state index contributed by atoms with van der Waals surface area (Å²) in [4.78, 5) is 26.6. The summed E-state index contributed by atoms with van der Waals surface area (Å²) >= 11 is 0. The van der Waals surface area contributed by atoms with E-state index in [1.165, 1.54) is 16.7 Å². The van der Waals surface area contributed by atoms with Crippen LogP contribution in [0.1, 0.15) is 36.1 Å². The Labute approximate surface area is 166 Å². The summed E-state index contributed by atoms with van der Waals surface area (Å²) < 4.78 is 0. The summed E-state index contributed by atoms with van der Waals surface area (Å²) in [5.41, 5.74) is 4.82. The molecule has 0 bridgehead atoms. The summed E-state index contributed by atoms with van der Waals surface area (Å²) in [5.74, 6) is 1.15. The fraction of sp³-hybridized carbons (Fsp3) is 0.435. The average Bonchev–Trinajstić information content (AvgIpc) is 3.26. The van der Waals surface area contributed by atoms with Gasteiger partial charge < -0.3 is 9.80 Å². The molecule has 2 fully saturated rings. The Morgan fingerprint density at radius 1 is 1.07 bits per heavy atom. The summed E-state index contributed by atoms with van der Waals surface area (Å²) in [6, 6.07) is 10.5. The molecule has 5 rings (SSSR count). The van der Waals surface area contributed by atoms with Crippen LogP contribution >= 0.6 is 0 Å². The zero-order chi connectivity index (χ0) is 19.1. The number of aromatic nitrogens is 2. The molecule has 144 valence electrons. The van der Waals surface area contributed by atoms with Crippen LogP contribution in [0.5, 0.6) is 0 Å². The Bertz CT molecular complexity index is 943. The molecule has 5 heteroatoms. The molecule has 0 saturated carbocycles. The van der Waals surface area contributed by atoms with Crippen molar-refractivity contribution in [2.24, 2.45) is 5.41 Å². The first-order valence-electron chi connectivity index (χ1n) is 10.3. The van der Waals surface area contributed by atoms with Gasteiger partial charge in [-0.3, -0.25) is 4.79 Å². The Morgan fingerprint density at radius 2 is 1.86 bits per heavy atom. The van der Waals surface area contributed by atoms with Crippen LogP contribution in [0.2, 0.25) is 0 Å². The van der Waals surface area contributed by atoms with Crippen molar-refractivity contribution in [3.8, 4) is 0 Å². The molecule has 2 aliphatic heterocycles. The third-order valence-electron chi connectivity index (χ3n) is 6.68. The predicted molar refractivity (Wildman–Crippen MR) is 110 cm³/mol. The van der Waals surface area contributed by atoms with Crippen molar-refractivity contribution in [3.05, 3.63) is 59.4 Å². The van der Waals surface area contributed by atoms with E-state index in [1.807, 2.05) is 19.2 Å². The van der Waals surface area contributed by atoms with Crippen molar-refractivity contribution in [1.29, 1.82) is 0 Å². The van der Waals surface area contributed by atoms with Crippen LogP contribution < -0.4 is 4.90 Å². The lowest BCUT2D eigenvalue weighted by molar-refractivity contribution is -0.136. The fourth-order valence-electron chi connectivity index (χ4n) is 4.94. The number of likely N-dealkylation sites (tertiary alicyclic amines) is 1. The van der Waals surface area contributed by atoms with Gasteiger partial charge >= 0.3 is 0 Å². The van der Waals surface area contributed by atoms with Gasteiger partial charge in [-0.15, -0.1) is 0 Å². The van der Waals surface area contributed by atoms with Gasteiger partial charge in [0.1, 0.15) is 0 Å². The molecule has 0 N–H and O–H groups in total. The van der Waals surface area contributed by atoms with Crippen molar-refractivity contribution >= 4 is 17.4 Å². The smallest absolute Gasteiger partial charge is 0.229 e. The highest BCUT2D eigenvalue weighted by Gasteiger charge is 2.48. The van der Waals surface area contributed by atoms with E-state index in [2.05, 4.69) is 50.1 Å². The third kappa shape index (κ3) is 2.89. The standard InChI is InChI=1S/C23H26N4O/c1-17-8-12-24-22(25-17)26-13-9-23(10-14-26)11-15-27(21(23)28)16-19-7-6-18-4-2-3-5-20(18)19/h2-5,7-8,12H,6,9-11,13-16H2,1H3.